The third-order valence-electron chi connectivity index (χ3n) is 4.44. The van der Waals surface area contributed by atoms with Gasteiger partial charge in [-0.05, 0) is 23.3 Å². The van der Waals surface area contributed by atoms with Gasteiger partial charge in [0.15, 0.2) is 0 Å². The van der Waals surface area contributed by atoms with Gasteiger partial charge in [-0.2, -0.15) is 0 Å². The van der Waals surface area contributed by atoms with Crippen LogP contribution in [0, 0.1) is 0 Å². The predicted octanol–water partition coefficient (Wildman–Crippen LogP) is 3.07. The smallest absolute Gasteiger partial charge is 0.224 e. The average Bonchev–Trinajstić information content (AvgIpc) is 2.65. The molecule has 1 heterocycles. The average molecular weight is 359 g/mol. The number of halogens is 1. The van der Waals surface area contributed by atoms with Gasteiger partial charge in [0.05, 0.1) is 25.7 Å². The fraction of sp³-hybridized carbons (Fsp3) is 0.350. The topological polar surface area (TPSA) is 41.6 Å². The molecule has 0 aromatic heterocycles. The highest BCUT2D eigenvalue weighted by molar-refractivity contribution is 6.30. The van der Waals surface area contributed by atoms with Gasteiger partial charge < -0.3 is 10.1 Å². The molecule has 0 unspecified atom stereocenters. The number of nitrogens with one attached hydrogen (secondary N) is 1. The third kappa shape index (κ3) is 5.30. The second-order valence-electron chi connectivity index (χ2n) is 6.18. The minimum absolute atomic E-state index is 0.0402. The summed E-state index contributed by atoms with van der Waals surface area (Å²) in [7, 11) is 0. The quantitative estimate of drug-likeness (QED) is 0.862. The Morgan fingerprint density at radius 3 is 2.44 bits per heavy atom. The Balaban J connectivity index is 1.64. The number of rotatable bonds is 6. The van der Waals surface area contributed by atoms with Crippen LogP contribution in [0.2, 0.25) is 5.02 Å². The van der Waals surface area contributed by atoms with Crippen molar-refractivity contribution in [3.63, 3.8) is 0 Å². The van der Waals surface area contributed by atoms with Crippen LogP contribution in [0.25, 0.3) is 0 Å². The number of carbonyl (C=O) groups is 1. The fourth-order valence-corrected chi connectivity index (χ4v) is 3.21. The summed E-state index contributed by atoms with van der Waals surface area (Å²) in [5.74, 6) is 0.0402. The van der Waals surface area contributed by atoms with E-state index in [-0.39, 0.29) is 11.9 Å². The van der Waals surface area contributed by atoms with Gasteiger partial charge in [0, 0.05) is 24.7 Å². The van der Waals surface area contributed by atoms with Gasteiger partial charge in [-0.25, -0.2) is 0 Å². The summed E-state index contributed by atoms with van der Waals surface area (Å²) in [5, 5.41) is 3.81. The van der Waals surface area contributed by atoms with E-state index in [9.17, 15) is 4.79 Å². The molecule has 1 aliphatic rings. The summed E-state index contributed by atoms with van der Waals surface area (Å²) in [6, 6.07) is 17.8. The highest BCUT2D eigenvalue weighted by atomic mass is 35.5. The number of nitrogens with zero attached hydrogens (tertiary/aromatic N) is 1. The molecule has 4 nitrogen and oxygen atoms in total. The van der Waals surface area contributed by atoms with Crippen LogP contribution < -0.4 is 5.32 Å². The van der Waals surface area contributed by atoms with Crippen LogP contribution in [-0.2, 0) is 16.0 Å². The standard InChI is InChI=1S/C20H23ClN2O2/c21-18-8-6-17(7-9-18)19(23-10-12-25-13-11-23)15-22-20(24)14-16-4-2-1-3-5-16/h1-9,19H,10-15H2,(H,22,24)/t19-/m1/s1. The van der Waals surface area contributed by atoms with Crippen molar-refractivity contribution in [3.05, 3.63) is 70.7 Å². The van der Waals surface area contributed by atoms with Crippen molar-refractivity contribution in [2.24, 2.45) is 0 Å². The number of morpholine rings is 1. The molecule has 1 aliphatic heterocycles. The first-order chi connectivity index (χ1) is 12.2. The maximum Gasteiger partial charge on any atom is 0.224 e. The Kier molecular flexibility index (Phi) is 6.45. The first kappa shape index (κ1) is 17.9. The number of benzene rings is 2. The molecule has 0 aliphatic carbocycles. The predicted molar refractivity (Wildman–Crippen MR) is 99.7 cm³/mol. The lowest BCUT2D eigenvalue weighted by atomic mass is 10.0. The molecular formula is C20H23ClN2O2. The molecule has 1 fully saturated rings. The summed E-state index contributed by atoms with van der Waals surface area (Å²) >= 11 is 6.02. The summed E-state index contributed by atoms with van der Waals surface area (Å²) < 4.78 is 5.46. The Labute approximate surface area is 153 Å². The molecular weight excluding hydrogens is 336 g/mol. The van der Waals surface area contributed by atoms with E-state index in [0.29, 0.717) is 13.0 Å². The van der Waals surface area contributed by atoms with E-state index in [1.54, 1.807) is 0 Å². The molecule has 3 rings (SSSR count). The zero-order valence-corrected chi connectivity index (χ0v) is 14.9. The maximum absolute atomic E-state index is 12.3. The number of ether oxygens (including phenoxy) is 1. The van der Waals surface area contributed by atoms with Crippen molar-refractivity contribution in [1.29, 1.82) is 0 Å². The molecule has 0 spiro atoms. The van der Waals surface area contributed by atoms with Gasteiger partial charge in [-0.1, -0.05) is 54.1 Å². The van der Waals surface area contributed by atoms with Crippen molar-refractivity contribution < 1.29 is 9.53 Å². The number of amides is 1. The van der Waals surface area contributed by atoms with Crippen molar-refractivity contribution in [2.75, 3.05) is 32.8 Å². The van der Waals surface area contributed by atoms with Crippen LogP contribution in [0.3, 0.4) is 0 Å². The lowest BCUT2D eigenvalue weighted by Gasteiger charge is -2.35. The molecule has 1 N–H and O–H groups in total. The number of hydrogen-bond acceptors (Lipinski definition) is 3. The van der Waals surface area contributed by atoms with Crippen LogP contribution in [-0.4, -0.2) is 43.7 Å². The molecule has 1 saturated heterocycles. The van der Waals surface area contributed by atoms with Crippen LogP contribution in [0.5, 0.6) is 0 Å². The lowest BCUT2D eigenvalue weighted by molar-refractivity contribution is -0.120. The normalized spacial score (nSPS) is 16.4. The Bertz CT molecular complexity index is 670. The second kappa shape index (κ2) is 8.99. The molecule has 0 bridgehead atoms. The number of hydrogen-bond donors (Lipinski definition) is 1. The molecule has 132 valence electrons. The summed E-state index contributed by atoms with van der Waals surface area (Å²) in [5.41, 5.74) is 2.18. The zero-order chi connectivity index (χ0) is 17.5. The van der Waals surface area contributed by atoms with E-state index in [4.69, 9.17) is 16.3 Å². The molecule has 2 aromatic rings. The Hall–Kier alpha value is -1.88. The van der Waals surface area contributed by atoms with Crippen LogP contribution in [0.1, 0.15) is 17.2 Å². The SMILES string of the molecule is O=C(Cc1ccccc1)NC[C@H](c1ccc(Cl)cc1)N1CCOCC1. The summed E-state index contributed by atoms with van der Waals surface area (Å²) in [6.07, 6.45) is 0.400. The van der Waals surface area contributed by atoms with Gasteiger partial charge >= 0.3 is 0 Å². The first-order valence-electron chi connectivity index (χ1n) is 8.60. The minimum atomic E-state index is 0.0402. The summed E-state index contributed by atoms with van der Waals surface area (Å²) in [4.78, 5) is 14.7. The van der Waals surface area contributed by atoms with Crippen LogP contribution in [0.15, 0.2) is 54.6 Å². The first-order valence-corrected chi connectivity index (χ1v) is 8.98. The van der Waals surface area contributed by atoms with Crippen molar-refractivity contribution in [2.45, 2.75) is 12.5 Å². The zero-order valence-electron chi connectivity index (χ0n) is 14.2. The molecule has 0 saturated carbocycles. The largest absolute Gasteiger partial charge is 0.379 e. The highest BCUT2D eigenvalue weighted by Crippen LogP contribution is 2.23. The third-order valence-corrected chi connectivity index (χ3v) is 4.69. The van der Waals surface area contributed by atoms with Gasteiger partial charge in [-0.15, -0.1) is 0 Å². The van der Waals surface area contributed by atoms with Gasteiger partial charge in [0.2, 0.25) is 5.91 Å². The monoisotopic (exact) mass is 358 g/mol. The second-order valence-corrected chi connectivity index (χ2v) is 6.62. The summed E-state index contributed by atoms with van der Waals surface area (Å²) in [6.45, 7) is 3.75. The van der Waals surface area contributed by atoms with E-state index in [1.165, 1.54) is 0 Å². The molecule has 0 radical (unpaired) electrons. The van der Waals surface area contributed by atoms with E-state index in [0.717, 1.165) is 42.5 Å². The minimum Gasteiger partial charge on any atom is -0.379 e. The lowest BCUT2D eigenvalue weighted by Crippen LogP contribution is -2.44. The van der Waals surface area contributed by atoms with Crippen molar-refractivity contribution in [3.8, 4) is 0 Å². The van der Waals surface area contributed by atoms with E-state index in [2.05, 4.69) is 10.2 Å². The Morgan fingerprint density at radius 1 is 1.08 bits per heavy atom. The maximum atomic E-state index is 12.3. The highest BCUT2D eigenvalue weighted by Gasteiger charge is 2.23. The van der Waals surface area contributed by atoms with Crippen molar-refractivity contribution >= 4 is 17.5 Å². The molecule has 1 atom stereocenters. The van der Waals surface area contributed by atoms with Crippen molar-refractivity contribution in [1.82, 2.24) is 10.2 Å². The molecule has 2 aromatic carbocycles. The van der Waals surface area contributed by atoms with Crippen LogP contribution in [0.4, 0.5) is 0 Å². The van der Waals surface area contributed by atoms with Gasteiger partial charge in [0.25, 0.3) is 0 Å². The molecule has 5 heteroatoms. The van der Waals surface area contributed by atoms with E-state index >= 15 is 0 Å². The molecule has 1 amide bonds. The van der Waals surface area contributed by atoms with Gasteiger partial charge in [0.1, 0.15) is 0 Å². The van der Waals surface area contributed by atoms with Crippen LogP contribution >= 0.6 is 11.6 Å². The van der Waals surface area contributed by atoms with E-state index in [1.807, 2.05) is 54.6 Å². The Morgan fingerprint density at radius 2 is 1.76 bits per heavy atom. The van der Waals surface area contributed by atoms with E-state index < -0.39 is 0 Å². The fourth-order valence-electron chi connectivity index (χ4n) is 3.09. The number of carbonyl (C=O) groups excluding carboxylic acids is 1. The van der Waals surface area contributed by atoms with Gasteiger partial charge in [-0.3, -0.25) is 9.69 Å². The molecule has 25 heavy (non-hydrogen) atoms.